The van der Waals surface area contributed by atoms with Crippen LogP contribution in [0, 0.1) is 0 Å². The summed E-state index contributed by atoms with van der Waals surface area (Å²) >= 11 is 0. The van der Waals surface area contributed by atoms with Crippen LogP contribution in [-0.2, 0) is 10.0 Å². The van der Waals surface area contributed by atoms with Crippen molar-refractivity contribution < 1.29 is 8.42 Å². The molecule has 2 heterocycles. The monoisotopic (exact) mass is 409 g/mol. The van der Waals surface area contributed by atoms with Crippen molar-refractivity contribution in [3.8, 4) is 17.1 Å². The van der Waals surface area contributed by atoms with Gasteiger partial charge in [0.05, 0.1) is 16.6 Å². The number of tetrazole rings is 2. The Labute approximate surface area is 165 Å². The van der Waals surface area contributed by atoms with Crippen molar-refractivity contribution in [3.63, 3.8) is 0 Å². The molecule has 12 heteroatoms. The summed E-state index contributed by atoms with van der Waals surface area (Å²) in [6, 6.07) is 13.7. The minimum atomic E-state index is -3.78. The molecule has 0 amide bonds. The number of benzene rings is 2. The molecular formula is C17H15N9O2S. The second-order valence-corrected chi connectivity index (χ2v) is 8.30. The fraction of sp³-hybridized carbons (Fsp3) is 0.176. The minimum Gasteiger partial charge on any atom is -0.280 e. The van der Waals surface area contributed by atoms with E-state index < -0.39 is 10.0 Å². The minimum absolute atomic E-state index is 0.104. The number of anilines is 1. The van der Waals surface area contributed by atoms with Crippen LogP contribution in [0.2, 0.25) is 0 Å². The van der Waals surface area contributed by atoms with Gasteiger partial charge in [0.2, 0.25) is 0 Å². The molecule has 0 bridgehead atoms. The van der Waals surface area contributed by atoms with Gasteiger partial charge in [-0.15, -0.1) is 10.2 Å². The molecule has 11 nitrogen and oxygen atoms in total. The number of rotatable bonds is 6. The van der Waals surface area contributed by atoms with E-state index in [1.807, 2.05) is 4.68 Å². The summed E-state index contributed by atoms with van der Waals surface area (Å²) in [6.07, 6.45) is 3.53. The standard InChI is InChI=1S/C17H15N9O2S/c27-29(28,16-3-1-2-15(10-16)25-11-18-21-23-25)20-13-6-4-12(5-7-13)17-19-22-24-26(17)14-8-9-14/h1-7,10-11,14,20H,8-9H2. The quantitative estimate of drug-likeness (QED) is 0.506. The van der Waals surface area contributed by atoms with Crippen LogP contribution in [-0.4, -0.2) is 48.8 Å². The molecule has 1 fully saturated rings. The Kier molecular flexibility index (Phi) is 4.05. The Bertz CT molecular complexity index is 1250. The lowest BCUT2D eigenvalue weighted by Gasteiger charge is -2.10. The molecule has 1 N–H and O–H groups in total. The maximum atomic E-state index is 12.8. The first kappa shape index (κ1) is 17.4. The van der Waals surface area contributed by atoms with Gasteiger partial charge < -0.3 is 0 Å². The zero-order chi connectivity index (χ0) is 19.8. The number of sulfonamides is 1. The number of hydrogen-bond acceptors (Lipinski definition) is 8. The molecule has 0 unspecified atom stereocenters. The van der Waals surface area contributed by atoms with Gasteiger partial charge in [-0.05, 0) is 76.2 Å². The van der Waals surface area contributed by atoms with Gasteiger partial charge in [0.25, 0.3) is 10.0 Å². The third kappa shape index (κ3) is 3.45. The van der Waals surface area contributed by atoms with Crippen molar-refractivity contribution in [2.24, 2.45) is 0 Å². The van der Waals surface area contributed by atoms with Crippen molar-refractivity contribution in [1.82, 2.24) is 40.4 Å². The van der Waals surface area contributed by atoms with Crippen LogP contribution in [0.5, 0.6) is 0 Å². The molecule has 0 spiro atoms. The smallest absolute Gasteiger partial charge is 0.261 e. The average Bonchev–Trinajstić information content (AvgIpc) is 3.22. The molecular weight excluding hydrogens is 394 g/mol. The molecule has 1 aliphatic rings. The van der Waals surface area contributed by atoms with Crippen LogP contribution in [0.3, 0.4) is 0 Å². The third-order valence-corrected chi connectivity index (χ3v) is 5.90. The van der Waals surface area contributed by atoms with E-state index in [1.165, 1.54) is 23.1 Å². The highest BCUT2D eigenvalue weighted by Crippen LogP contribution is 2.36. The summed E-state index contributed by atoms with van der Waals surface area (Å²) in [6.45, 7) is 0. The highest BCUT2D eigenvalue weighted by Gasteiger charge is 2.28. The Hall–Kier alpha value is -3.67. The van der Waals surface area contributed by atoms with Crippen LogP contribution in [0.25, 0.3) is 17.1 Å². The van der Waals surface area contributed by atoms with E-state index in [1.54, 1.807) is 36.4 Å². The molecule has 0 radical (unpaired) electrons. The largest absolute Gasteiger partial charge is 0.280 e. The van der Waals surface area contributed by atoms with E-state index in [4.69, 9.17) is 0 Å². The summed E-state index contributed by atoms with van der Waals surface area (Å²) in [5.41, 5.74) is 1.80. The van der Waals surface area contributed by atoms with Gasteiger partial charge in [0.15, 0.2) is 5.82 Å². The Balaban J connectivity index is 1.38. The molecule has 0 aliphatic heterocycles. The highest BCUT2D eigenvalue weighted by atomic mass is 32.2. The molecule has 5 rings (SSSR count). The summed E-state index contributed by atoms with van der Waals surface area (Å²) in [5.74, 6) is 0.677. The zero-order valence-corrected chi connectivity index (χ0v) is 15.8. The lowest BCUT2D eigenvalue weighted by molar-refractivity contribution is 0.601. The number of nitrogens with one attached hydrogen (secondary N) is 1. The van der Waals surface area contributed by atoms with E-state index in [0.717, 1.165) is 18.4 Å². The maximum Gasteiger partial charge on any atom is 0.261 e. The lowest BCUT2D eigenvalue weighted by Crippen LogP contribution is -2.13. The van der Waals surface area contributed by atoms with Gasteiger partial charge in [-0.2, -0.15) is 0 Å². The van der Waals surface area contributed by atoms with Crippen LogP contribution in [0.15, 0.2) is 59.8 Å². The first-order valence-electron chi connectivity index (χ1n) is 8.85. The summed E-state index contributed by atoms with van der Waals surface area (Å²) < 4.78 is 31.3. The van der Waals surface area contributed by atoms with Crippen molar-refractivity contribution in [2.45, 2.75) is 23.8 Å². The second-order valence-electron chi connectivity index (χ2n) is 6.61. The normalized spacial score (nSPS) is 14.1. The van der Waals surface area contributed by atoms with Crippen LogP contribution in [0.4, 0.5) is 5.69 Å². The second kappa shape index (κ2) is 6.74. The predicted molar refractivity (Wildman–Crippen MR) is 101 cm³/mol. The van der Waals surface area contributed by atoms with Crippen LogP contribution >= 0.6 is 0 Å². The number of hydrogen-bond donors (Lipinski definition) is 1. The summed E-state index contributed by atoms with van der Waals surface area (Å²) in [4.78, 5) is 0.104. The van der Waals surface area contributed by atoms with Crippen molar-refractivity contribution in [3.05, 3.63) is 54.9 Å². The Morgan fingerprint density at radius 1 is 1.00 bits per heavy atom. The fourth-order valence-corrected chi connectivity index (χ4v) is 4.02. The van der Waals surface area contributed by atoms with E-state index in [-0.39, 0.29) is 4.90 Å². The third-order valence-electron chi connectivity index (χ3n) is 4.52. The Morgan fingerprint density at radius 2 is 1.83 bits per heavy atom. The topological polar surface area (TPSA) is 133 Å². The van der Waals surface area contributed by atoms with Crippen molar-refractivity contribution in [1.29, 1.82) is 0 Å². The Morgan fingerprint density at radius 3 is 2.55 bits per heavy atom. The van der Waals surface area contributed by atoms with E-state index in [2.05, 4.69) is 35.8 Å². The number of aromatic nitrogens is 8. The van der Waals surface area contributed by atoms with Gasteiger partial charge >= 0.3 is 0 Å². The molecule has 29 heavy (non-hydrogen) atoms. The van der Waals surface area contributed by atoms with E-state index >= 15 is 0 Å². The zero-order valence-electron chi connectivity index (χ0n) is 15.0. The molecule has 4 aromatic rings. The molecule has 1 aliphatic carbocycles. The van der Waals surface area contributed by atoms with Crippen LogP contribution < -0.4 is 4.72 Å². The molecule has 1 saturated carbocycles. The molecule has 0 saturated heterocycles. The molecule has 2 aromatic carbocycles. The highest BCUT2D eigenvalue weighted by molar-refractivity contribution is 7.92. The van der Waals surface area contributed by atoms with Gasteiger partial charge in [-0.25, -0.2) is 17.8 Å². The first-order chi connectivity index (χ1) is 14.1. The summed E-state index contributed by atoms with van der Waals surface area (Å²) in [7, 11) is -3.78. The van der Waals surface area contributed by atoms with Gasteiger partial charge in [-0.3, -0.25) is 4.72 Å². The molecule has 0 atom stereocenters. The summed E-state index contributed by atoms with van der Waals surface area (Å²) in [5, 5.41) is 22.8. The van der Waals surface area contributed by atoms with E-state index in [0.29, 0.717) is 23.2 Å². The van der Waals surface area contributed by atoms with Crippen molar-refractivity contribution in [2.75, 3.05) is 4.72 Å². The van der Waals surface area contributed by atoms with Gasteiger partial charge in [0.1, 0.15) is 6.33 Å². The molecule has 2 aromatic heterocycles. The van der Waals surface area contributed by atoms with Gasteiger partial charge in [-0.1, -0.05) is 6.07 Å². The SMILES string of the molecule is O=S(=O)(Nc1ccc(-c2nnnn2C2CC2)cc1)c1cccc(-n2cnnn2)c1. The van der Waals surface area contributed by atoms with E-state index in [9.17, 15) is 8.42 Å². The number of nitrogens with zero attached hydrogens (tertiary/aromatic N) is 8. The van der Waals surface area contributed by atoms with Gasteiger partial charge in [0, 0.05) is 11.3 Å². The maximum absolute atomic E-state index is 12.8. The lowest BCUT2D eigenvalue weighted by atomic mass is 10.2. The first-order valence-corrected chi connectivity index (χ1v) is 10.3. The average molecular weight is 409 g/mol. The molecule has 146 valence electrons. The van der Waals surface area contributed by atoms with Crippen LogP contribution in [0.1, 0.15) is 18.9 Å². The predicted octanol–water partition coefficient (Wildman–Crippen LogP) is 1.45. The van der Waals surface area contributed by atoms with Crippen molar-refractivity contribution >= 4 is 15.7 Å². The fourth-order valence-electron chi connectivity index (χ4n) is 2.92.